The Hall–Kier alpha value is -1.92. The zero-order chi connectivity index (χ0) is 17.2. The number of thiazole rings is 1. The van der Waals surface area contributed by atoms with Crippen molar-refractivity contribution < 1.29 is 8.42 Å². The van der Waals surface area contributed by atoms with Crippen LogP contribution in [0.4, 0.5) is 5.13 Å². The number of benzene rings is 2. The van der Waals surface area contributed by atoms with E-state index in [0.29, 0.717) is 5.13 Å². The average Bonchev–Trinajstić information content (AvgIpc) is 2.96. The molecule has 0 saturated heterocycles. The van der Waals surface area contributed by atoms with Crippen molar-refractivity contribution >= 4 is 36.7 Å². The number of sulfonamides is 1. The third-order valence-electron chi connectivity index (χ3n) is 3.90. The van der Waals surface area contributed by atoms with Crippen molar-refractivity contribution in [1.29, 1.82) is 0 Å². The molecule has 0 amide bonds. The Morgan fingerprint density at radius 1 is 1.12 bits per heavy atom. The average molecular weight is 361 g/mol. The molecule has 3 aromatic rings. The lowest BCUT2D eigenvalue weighted by atomic mass is 10.1. The fourth-order valence-corrected chi connectivity index (χ4v) is 4.70. The van der Waals surface area contributed by atoms with Crippen molar-refractivity contribution in [3.05, 3.63) is 53.6 Å². The summed E-state index contributed by atoms with van der Waals surface area (Å²) >= 11 is 1.35. The second-order valence-corrected chi connectivity index (χ2v) is 8.51. The summed E-state index contributed by atoms with van der Waals surface area (Å²) in [4.78, 5) is 4.67. The first-order valence-corrected chi connectivity index (χ1v) is 10.3. The second kappa shape index (κ2) is 6.91. The van der Waals surface area contributed by atoms with Gasteiger partial charge in [0.1, 0.15) is 0 Å². The first kappa shape index (κ1) is 16.9. The van der Waals surface area contributed by atoms with E-state index in [1.54, 1.807) is 12.1 Å². The third-order valence-corrected chi connectivity index (χ3v) is 6.32. The number of rotatable bonds is 6. The number of hydrogen-bond acceptors (Lipinski definition) is 4. The van der Waals surface area contributed by atoms with Crippen molar-refractivity contribution in [2.24, 2.45) is 0 Å². The van der Waals surface area contributed by atoms with Gasteiger partial charge in [0, 0.05) is 0 Å². The van der Waals surface area contributed by atoms with Gasteiger partial charge in [0.05, 0.1) is 15.1 Å². The van der Waals surface area contributed by atoms with E-state index in [4.69, 9.17) is 0 Å². The molecule has 0 aliphatic carbocycles. The van der Waals surface area contributed by atoms with Crippen LogP contribution in [0.25, 0.3) is 10.2 Å². The van der Waals surface area contributed by atoms with Crippen molar-refractivity contribution in [1.82, 2.24) is 4.98 Å². The van der Waals surface area contributed by atoms with E-state index in [1.807, 2.05) is 37.3 Å². The van der Waals surface area contributed by atoms with Crippen molar-refractivity contribution in [3.8, 4) is 0 Å². The molecule has 24 heavy (non-hydrogen) atoms. The summed E-state index contributed by atoms with van der Waals surface area (Å²) in [6.45, 7) is 4.11. The fourth-order valence-electron chi connectivity index (χ4n) is 2.52. The summed E-state index contributed by atoms with van der Waals surface area (Å²) in [7, 11) is -3.61. The summed E-state index contributed by atoms with van der Waals surface area (Å²) in [5, 5.41) is 0.398. The number of unbranched alkanes of at least 4 members (excludes halogenated alkanes) is 1. The molecule has 0 saturated carbocycles. The van der Waals surface area contributed by atoms with Crippen LogP contribution in [0.15, 0.2) is 47.4 Å². The van der Waals surface area contributed by atoms with Crippen LogP contribution >= 0.6 is 11.3 Å². The van der Waals surface area contributed by atoms with E-state index in [2.05, 4.69) is 16.6 Å². The highest BCUT2D eigenvalue weighted by molar-refractivity contribution is 7.93. The number of aromatic nitrogens is 1. The molecule has 3 rings (SSSR count). The van der Waals surface area contributed by atoms with Crippen LogP contribution in [0.5, 0.6) is 0 Å². The highest BCUT2D eigenvalue weighted by Crippen LogP contribution is 2.29. The van der Waals surface area contributed by atoms with Crippen molar-refractivity contribution in [2.75, 3.05) is 4.72 Å². The van der Waals surface area contributed by atoms with Crippen LogP contribution in [0, 0.1) is 6.92 Å². The van der Waals surface area contributed by atoms with E-state index >= 15 is 0 Å². The van der Waals surface area contributed by atoms with Gasteiger partial charge < -0.3 is 0 Å². The predicted octanol–water partition coefficient (Wildman–Crippen LogP) is 4.75. The molecule has 1 aromatic heterocycles. The number of anilines is 1. The molecule has 0 atom stereocenters. The van der Waals surface area contributed by atoms with Gasteiger partial charge >= 0.3 is 0 Å². The zero-order valence-electron chi connectivity index (χ0n) is 13.7. The molecule has 0 spiro atoms. The highest BCUT2D eigenvalue weighted by atomic mass is 32.2. The molecular formula is C18H20N2O2S2. The molecule has 0 aliphatic heterocycles. The van der Waals surface area contributed by atoms with Gasteiger partial charge in [-0.3, -0.25) is 4.72 Å². The Morgan fingerprint density at radius 3 is 2.54 bits per heavy atom. The number of para-hydroxylation sites is 1. The summed E-state index contributed by atoms with van der Waals surface area (Å²) in [5.41, 5.74) is 3.04. The Bertz CT molecular complexity index is 945. The maximum absolute atomic E-state index is 12.5. The quantitative estimate of drug-likeness (QED) is 0.690. The van der Waals surface area contributed by atoms with Gasteiger partial charge in [-0.15, -0.1) is 0 Å². The van der Waals surface area contributed by atoms with E-state index in [-0.39, 0.29) is 4.90 Å². The number of fused-ring (bicyclic) bond motifs is 1. The maximum atomic E-state index is 12.5. The molecule has 0 radical (unpaired) electrons. The zero-order valence-corrected chi connectivity index (χ0v) is 15.4. The highest BCUT2D eigenvalue weighted by Gasteiger charge is 2.17. The molecule has 126 valence electrons. The first-order valence-electron chi connectivity index (χ1n) is 7.97. The van der Waals surface area contributed by atoms with Crippen molar-refractivity contribution in [2.45, 2.75) is 38.0 Å². The summed E-state index contributed by atoms with van der Waals surface area (Å²) in [6, 6.07) is 12.9. The van der Waals surface area contributed by atoms with E-state index in [1.165, 1.54) is 11.3 Å². The smallest absolute Gasteiger partial charge is 0.255 e. The lowest BCUT2D eigenvalue weighted by molar-refractivity contribution is 0.601. The van der Waals surface area contributed by atoms with Crippen LogP contribution in [0.2, 0.25) is 0 Å². The van der Waals surface area contributed by atoms with Crippen LogP contribution in [0.3, 0.4) is 0 Å². The maximum Gasteiger partial charge on any atom is 0.263 e. The van der Waals surface area contributed by atoms with Gasteiger partial charge in [-0.2, -0.15) is 0 Å². The number of aryl methyl sites for hydroxylation is 2. The minimum absolute atomic E-state index is 0.263. The minimum Gasteiger partial charge on any atom is -0.255 e. The predicted molar refractivity (Wildman–Crippen MR) is 100 cm³/mol. The summed E-state index contributed by atoms with van der Waals surface area (Å²) < 4.78 is 28.7. The molecule has 0 fully saturated rings. The van der Waals surface area contributed by atoms with Crippen LogP contribution in [-0.2, 0) is 16.4 Å². The van der Waals surface area contributed by atoms with Gasteiger partial charge in [-0.05, 0) is 49.1 Å². The van der Waals surface area contributed by atoms with Crippen LogP contribution in [-0.4, -0.2) is 13.4 Å². The minimum atomic E-state index is -3.61. The molecular weight excluding hydrogens is 340 g/mol. The number of nitrogens with one attached hydrogen (secondary N) is 1. The van der Waals surface area contributed by atoms with Gasteiger partial charge in [0.15, 0.2) is 5.13 Å². The third kappa shape index (κ3) is 3.60. The Labute approximate surface area is 146 Å². The molecule has 2 aromatic carbocycles. The van der Waals surface area contributed by atoms with Crippen LogP contribution < -0.4 is 4.72 Å². The first-order chi connectivity index (χ1) is 11.5. The summed E-state index contributed by atoms with van der Waals surface area (Å²) in [6.07, 6.45) is 3.20. The van der Waals surface area contributed by atoms with Gasteiger partial charge in [0.2, 0.25) is 0 Å². The van der Waals surface area contributed by atoms with Crippen molar-refractivity contribution in [3.63, 3.8) is 0 Å². The van der Waals surface area contributed by atoms with E-state index < -0.39 is 10.0 Å². The largest absolute Gasteiger partial charge is 0.263 e. The number of nitrogens with zero attached hydrogens (tertiary/aromatic N) is 1. The SMILES string of the molecule is CCCCc1ccc(S(=O)(=O)Nc2nc3c(C)cccc3s2)cc1. The molecule has 0 aliphatic rings. The molecule has 0 bridgehead atoms. The van der Waals surface area contributed by atoms with Gasteiger partial charge in [0.25, 0.3) is 10.0 Å². The molecule has 6 heteroatoms. The summed E-state index contributed by atoms with van der Waals surface area (Å²) in [5.74, 6) is 0. The molecule has 1 heterocycles. The molecule has 4 nitrogen and oxygen atoms in total. The lowest BCUT2D eigenvalue weighted by Gasteiger charge is -2.06. The molecule has 0 unspecified atom stereocenters. The van der Waals surface area contributed by atoms with E-state index in [0.717, 1.165) is 40.6 Å². The second-order valence-electron chi connectivity index (χ2n) is 5.79. The fraction of sp³-hybridized carbons (Fsp3) is 0.278. The number of hydrogen-bond donors (Lipinski definition) is 1. The topological polar surface area (TPSA) is 59.1 Å². The molecule has 1 N–H and O–H groups in total. The lowest BCUT2D eigenvalue weighted by Crippen LogP contribution is -2.12. The van der Waals surface area contributed by atoms with Gasteiger partial charge in [-0.25, -0.2) is 13.4 Å². The van der Waals surface area contributed by atoms with Crippen LogP contribution in [0.1, 0.15) is 30.9 Å². The Balaban J connectivity index is 1.83. The normalized spacial score (nSPS) is 11.8. The standard InChI is InChI=1S/C18H20N2O2S2/c1-3-4-7-14-9-11-15(12-10-14)24(21,22)20-18-19-17-13(2)6-5-8-16(17)23-18/h5-6,8-12H,3-4,7H2,1-2H3,(H,19,20). The Kier molecular flexibility index (Phi) is 4.87. The van der Waals surface area contributed by atoms with E-state index in [9.17, 15) is 8.42 Å². The monoisotopic (exact) mass is 360 g/mol. The Morgan fingerprint density at radius 2 is 1.88 bits per heavy atom. The van der Waals surface area contributed by atoms with Gasteiger partial charge in [-0.1, -0.05) is 48.9 Å².